The van der Waals surface area contributed by atoms with Crippen LogP contribution in [0.25, 0.3) is 0 Å². The van der Waals surface area contributed by atoms with Gasteiger partial charge in [0, 0.05) is 37.6 Å². The van der Waals surface area contributed by atoms with Crippen molar-refractivity contribution in [3.8, 4) is 0 Å². The number of amides is 2. The quantitative estimate of drug-likeness (QED) is 0.713. The van der Waals surface area contributed by atoms with Crippen LogP contribution in [0.3, 0.4) is 0 Å². The van der Waals surface area contributed by atoms with E-state index < -0.39 is 11.9 Å². The Kier molecular flexibility index (Phi) is 5.75. The molecule has 0 spiro atoms. The first-order chi connectivity index (χ1) is 13.0. The van der Waals surface area contributed by atoms with E-state index in [1.807, 2.05) is 13.1 Å². The van der Waals surface area contributed by atoms with Crippen molar-refractivity contribution in [2.75, 3.05) is 30.4 Å². The molecule has 0 aliphatic carbocycles. The summed E-state index contributed by atoms with van der Waals surface area (Å²) in [6, 6.07) is 4.70. The van der Waals surface area contributed by atoms with Gasteiger partial charge in [0.25, 0.3) is 5.91 Å². The molecule has 1 aliphatic heterocycles. The van der Waals surface area contributed by atoms with Crippen LogP contribution in [0, 0.1) is 0 Å². The molecule has 2 heterocycles. The van der Waals surface area contributed by atoms with E-state index >= 15 is 0 Å². The molecule has 3 rings (SSSR count). The molecular formula is C19H26N6O2. The topological polar surface area (TPSA) is 105 Å². The number of carbonyl (C=O) groups is 2. The van der Waals surface area contributed by atoms with Crippen LogP contribution in [0.1, 0.15) is 41.2 Å². The van der Waals surface area contributed by atoms with E-state index in [0.717, 1.165) is 37.2 Å². The highest BCUT2D eigenvalue weighted by atomic mass is 16.2. The molecule has 144 valence electrons. The van der Waals surface area contributed by atoms with Crippen molar-refractivity contribution in [1.82, 2.24) is 15.1 Å². The highest BCUT2D eigenvalue weighted by Crippen LogP contribution is 2.28. The van der Waals surface area contributed by atoms with Gasteiger partial charge in [-0.05, 0) is 44.5 Å². The third-order valence-corrected chi connectivity index (χ3v) is 4.84. The standard InChI is InChI=1S/C19H26N6O2/c1-21-17(13-11-22-24(2)12-13)19(27)23-14-6-7-15(18(20)26)16(10-14)25-8-4-3-5-9-25/h6-7,10-12,17,21H,3-5,8-9H2,1-2H3,(H2,20,26)(H,23,27). The van der Waals surface area contributed by atoms with Crippen LogP contribution < -0.4 is 21.3 Å². The van der Waals surface area contributed by atoms with Gasteiger partial charge in [-0.1, -0.05) is 0 Å². The lowest BCUT2D eigenvalue weighted by molar-refractivity contribution is -0.118. The van der Waals surface area contributed by atoms with Crippen LogP contribution >= 0.6 is 0 Å². The molecular weight excluding hydrogens is 344 g/mol. The third kappa shape index (κ3) is 4.28. The molecule has 0 saturated carbocycles. The number of aromatic nitrogens is 2. The Morgan fingerprint density at radius 3 is 2.56 bits per heavy atom. The van der Waals surface area contributed by atoms with Crippen molar-refractivity contribution >= 4 is 23.2 Å². The van der Waals surface area contributed by atoms with Crippen molar-refractivity contribution in [2.45, 2.75) is 25.3 Å². The molecule has 1 fully saturated rings. The number of nitrogens with two attached hydrogens (primary N) is 1. The lowest BCUT2D eigenvalue weighted by Crippen LogP contribution is -2.32. The molecule has 0 radical (unpaired) electrons. The molecule has 8 nitrogen and oxygen atoms in total. The van der Waals surface area contributed by atoms with Gasteiger partial charge in [0.2, 0.25) is 5.91 Å². The highest BCUT2D eigenvalue weighted by Gasteiger charge is 2.22. The monoisotopic (exact) mass is 370 g/mol. The Hall–Kier alpha value is -2.87. The zero-order valence-corrected chi connectivity index (χ0v) is 15.7. The van der Waals surface area contributed by atoms with E-state index in [-0.39, 0.29) is 5.91 Å². The molecule has 1 atom stereocenters. The molecule has 1 aliphatic rings. The number of hydrogen-bond donors (Lipinski definition) is 3. The van der Waals surface area contributed by atoms with Crippen LogP contribution in [-0.4, -0.2) is 41.7 Å². The second kappa shape index (κ2) is 8.22. The minimum atomic E-state index is -0.520. The number of benzene rings is 1. The van der Waals surface area contributed by atoms with Crippen molar-refractivity contribution in [2.24, 2.45) is 12.8 Å². The first-order valence-corrected chi connectivity index (χ1v) is 9.15. The summed E-state index contributed by atoms with van der Waals surface area (Å²) in [5.41, 5.74) is 8.22. The first-order valence-electron chi connectivity index (χ1n) is 9.15. The average molecular weight is 370 g/mol. The molecule has 1 unspecified atom stereocenters. The maximum Gasteiger partial charge on any atom is 0.250 e. The number of nitrogens with one attached hydrogen (secondary N) is 2. The van der Waals surface area contributed by atoms with Crippen molar-refractivity contribution in [1.29, 1.82) is 0 Å². The number of piperidine rings is 1. The summed E-state index contributed by atoms with van der Waals surface area (Å²) in [7, 11) is 3.54. The number of hydrogen-bond acceptors (Lipinski definition) is 5. The number of carbonyl (C=O) groups excluding carboxylic acids is 2. The zero-order valence-electron chi connectivity index (χ0n) is 15.7. The van der Waals surface area contributed by atoms with Crippen molar-refractivity contribution < 1.29 is 9.59 Å². The summed E-state index contributed by atoms with van der Waals surface area (Å²) in [5, 5.41) is 10.1. The van der Waals surface area contributed by atoms with E-state index in [0.29, 0.717) is 11.3 Å². The van der Waals surface area contributed by atoms with Gasteiger partial charge in [-0.2, -0.15) is 5.10 Å². The number of anilines is 2. The molecule has 4 N–H and O–H groups in total. The fraction of sp³-hybridized carbons (Fsp3) is 0.421. The largest absolute Gasteiger partial charge is 0.371 e. The number of primary amides is 1. The molecule has 2 amide bonds. The van der Waals surface area contributed by atoms with Crippen LogP contribution in [0.5, 0.6) is 0 Å². The SMILES string of the molecule is CNC(C(=O)Nc1ccc(C(N)=O)c(N2CCCCC2)c1)c1cnn(C)c1. The molecule has 1 aromatic heterocycles. The fourth-order valence-electron chi connectivity index (χ4n) is 3.47. The Balaban J connectivity index is 1.83. The smallest absolute Gasteiger partial charge is 0.250 e. The predicted molar refractivity (Wildman–Crippen MR) is 105 cm³/mol. The summed E-state index contributed by atoms with van der Waals surface area (Å²) in [4.78, 5) is 26.7. The van der Waals surface area contributed by atoms with Gasteiger partial charge < -0.3 is 21.3 Å². The van der Waals surface area contributed by atoms with Crippen LogP contribution in [-0.2, 0) is 11.8 Å². The second-order valence-electron chi connectivity index (χ2n) is 6.80. The van der Waals surface area contributed by atoms with Gasteiger partial charge in [-0.3, -0.25) is 14.3 Å². The summed E-state index contributed by atoms with van der Waals surface area (Å²) in [5.74, 6) is -0.654. The lowest BCUT2D eigenvalue weighted by atomic mass is 10.1. The summed E-state index contributed by atoms with van der Waals surface area (Å²) in [6.07, 6.45) is 6.81. The molecule has 8 heteroatoms. The van der Waals surface area contributed by atoms with Gasteiger partial charge in [0.1, 0.15) is 6.04 Å². The second-order valence-corrected chi connectivity index (χ2v) is 6.80. The van der Waals surface area contributed by atoms with Gasteiger partial charge in [-0.25, -0.2) is 0 Å². The van der Waals surface area contributed by atoms with Crippen molar-refractivity contribution in [3.63, 3.8) is 0 Å². The maximum absolute atomic E-state index is 12.7. The zero-order chi connectivity index (χ0) is 19.4. The number of nitrogens with zero attached hydrogens (tertiary/aromatic N) is 3. The molecule has 0 bridgehead atoms. The fourth-order valence-corrected chi connectivity index (χ4v) is 3.47. The first kappa shape index (κ1) is 18.9. The molecule has 2 aromatic rings. The summed E-state index contributed by atoms with van der Waals surface area (Å²) in [6.45, 7) is 1.76. The van der Waals surface area contributed by atoms with E-state index in [1.54, 1.807) is 36.3 Å². The predicted octanol–water partition coefficient (Wildman–Crippen LogP) is 1.41. The third-order valence-electron chi connectivity index (χ3n) is 4.84. The maximum atomic E-state index is 12.7. The molecule has 1 saturated heterocycles. The Bertz CT molecular complexity index is 825. The minimum Gasteiger partial charge on any atom is -0.371 e. The van der Waals surface area contributed by atoms with Gasteiger partial charge >= 0.3 is 0 Å². The van der Waals surface area contributed by atoms with Crippen LogP contribution in [0.2, 0.25) is 0 Å². The van der Waals surface area contributed by atoms with Crippen molar-refractivity contribution in [3.05, 3.63) is 41.7 Å². The Labute approximate surface area is 158 Å². The summed E-state index contributed by atoms with van der Waals surface area (Å²) >= 11 is 0. The van der Waals surface area contributed by atoms with Gasteiger partial charge in [0.05, 0.1) is 17.4 Å². The number of rotatable bonds is 6. The van der Waals surface area contributed by atoms with Crippen LogP contribution in [0.4, 0.5) is 11.4 Å². The van der Waals surface area contributed by atoms with E-state index in [9.17, 15) is 9.59 Å². The van der Waals surface area contributed by atoms with E-state index in [2.05, 4.69) is 20.6 Å². The number of aryl methyl sites for hydroxylation is 1. The summed E-state index contributed by atoms with van der Waals surface area (Å²) < 4.78 is 1.66. The van der Waals surface area contributed by atoms with Gasteiger partial charge in [0.15, 0.2) is 0 Å². The Morgan fingerprint density at radius 2 is 1.96 bits per heavy atom. The van der Waals surface area contributed by atoms with E-state index in [4.69, 9.17) is 5.73 Å². The highest BCUT2D eigenvalue weighted by molar-refractivity contribution is 6.01. The minimum absolute atomic E-state index is 0.193. The van der Waals surface area contributed by atoms with E-state index in [1.165, 1.54) is 6.42 Å². The molecule has 1 aromatic carbocycles. The number of likely N-dealkylation sites (N-methyl/N-ethyl adjacent to an activating group) is 1. The van der Waals surface area contributed by atoms with Gasteiger partial charge in [-0.15, -0.1) is 0 Å². The lowest BCUT2D eigenvalue weighted by Gasteiger charge is -2.30. The molecule has 27 heavy (non-hydrogen) atoms. The average Bonchev–Trinajstić information content (AvgIpc) is 3.08. The van der Waals surface area contributed by atoms with Crippen LogP contribution in [0.15, 0.2) is 30.6 Å². The normalized spacial score (nSPS) is 15.4. The Morgan fingerprint density at radius 1 is 1.22 bits per heavy atom.